The maximum Gasteiger partial charge on any atom is 0.115 e. The van der Waals surface area contributed by atoms with Crippen LogP contribution in [0.1, 0.15) is 156 Å². The highest BCUT2D eigenvalue weighted by Gasteiger charge is 2.38. The van der Waals surface area contributed by atoms with E-state index in [1.807, 2.05) is 18.2 Å². The molecule has 2 spiro atoms. The number of para-hydroxylation sites is 3. The van der Waals surface area contributed by atoms with Crippen molar-refractivity contribution >= 4 is 0 Å². The van der Waals surface area contributed by atoms with Gasteiger partial charge in [0.1, 0.15) is 17.2 Å². The highest BCUT2D eigenvalue weighted by atomic mass is 16.3. The highest BCUT2D eigenvalue weighted by Crippen LogP contribution is 2.52. The fourth-order valence-corrected chi connectivity index (χ4v) is 9.08. The van der Waals surface area contributed by atoms with Crippen molar-refractivity contribution < 1.29 is 15.3 Å². The average molecular weight is 699 g/mol. The van der Waals surface area contributed by atoms with Gasteiger partial charge in [0.05, 0.1) is 0 Å². The van der Waals surface area contributed by atoms with Crippen LogP contribution in [0.2, 0.25) is 0 Å². The third kappa shape index (κ3) is 16.1. The summed E-state index contributed by atoms with van der Waals surface area (Å²) in [7, 11) is 0. The van der Waals surface area contributed by atoms with Crippen LogP contribution in [0, 0.1) is 34.5 Å². The molecule has 0 amide bonds. The van der Waals surface area contributed by atoms with E-state index in [9.17, 15) is 0 Å². The molecule has 0 saturated heterocycles. The van der Waals surface area contributed by atoms with Crippen LogP contribution in [-0.2, 0) is 0 Å². The molecular weight excluding hydrogens is 625 g/mol. The van der Waals surface area contributed by atoms with E-state index >= 15 is 0 Å². The Hall–Kier alpha value is -2.94. The van der Waals surface area contributed by atoms with Gasteiger partial charge >= 0.3 is 0 Å². The molecule has 4 aliphatic carbocycles. The van der Waals surface area contributed by atoms with E-state index in [-0.39, 0.29) is 0 Å². The topological polar surface area (TPSA) is 60.7 Å². The Kier molecular flexibility index (Phi) is 19.6. The zero-order valence-corrected chi connectivity index (χ0v) is 33.0. The quantitative estimate of drug-likeness (QED) is 0.254. The molecule has 3 N–H and O–H groups in total. The summed E-state index contributed by atoms with van der Waals surface area (Å²) < 4.78 is 0. The minimum Gasteiger partial charge on any atom is -0.508 e. The average Bonchev–Trinajstić information content (AvgIpc) is 3.18. The molecule has 0 unspecified atom stereocenters. The SMILES string of the molecule is CCC1CCC2(CC1)CCC(CC)CC2.CCC1CCC2(CC1)CCC(CC)CC2.Oc1ccccc1.Oc1ccccc1.Oc1ccccc1. The van der Waals surface area contributed by atoms with Crippen LogP contribution in [0.25, 0.3) is 0 Å². The highest BCUT2D eigenvalue weighted by molar-refractivity contribution is 5.19. The van der Waals surface area contributed by atoms with Gasteiger partial charge in [-0.2, -0.15) is 0 Å². The Bertz CT molecular complexity index is 1040. The number of phenolic OH excluding ortho intramolecular Hbond substituents is 3. The smallest absolute Gasteiger partial charge is 0.115 e. The van der Waals surface area contributed by atoms with Gasteiger partial charge in [-0.15, -0.1) is 0 Å². The van der Waals surface area contributed by atoms with Gasteiger partial charge in [-0.3, -0.25) is 0 Å². The van der Waals surface area contributed by atoms with E-state index < -0.39 is 0 Å². The van der Waals surface area contributed by atoms with Crippen molar-refractivity contribution in [2.45, 2.75) is 156 Å². The Balaban J connectivity index is 0.000000181. The normalized spacial score (nSPS) is 28.2. The van der Waals surface area contributed by atoms with Crippen LogP contribution in [0.3, 0.4) is 0 Å². The molecule has 0 heterocycles. The number of rotatable bonds is 4. The molecule has 3 aromatic rings. The summed E-state index contributed by atoms with van der Waals surface area (Å²) >= 11 is 0. The minimum atomic E-state index is 0.322. The minimum absolute atomic E-state index is 0.322. The molecule has 7 rings (SSSR count). The van der Waals surface area contributed by atoms with Crippen molar-refractivity contribution in [2.24, 2.45) is 34.5 Å². The van der Waals surface area contributed by atoms with Crippen molar-refractivity contribution in [3.8, 4) is 17.2 Å². The standard InChI is InChI=1S/2C15H28.3C6H6O/c2*1-3-13-5-9-15(10-6-13)11-7-14(4-2)8-12-15;3*7-6-4-2-1-3-5-6/h2*13-14H,3-12H2,1-2H3;3*1-5,7H. The van der Waals surface area contributed by atoms with Crippen LogP contribution in [0.4, 0.5) is 0 Å². The van der Waals surface area contributed by atoms with Crippen LogP contribution in [0.15, 0.2) is 91.0 Å². The number of hydrogen-bond donors (Lipinski definition) is 3. The van der Waals surface area contributed by atoms with E-state index in [1.165, 1.54) is 77.0 Å². The fraction of sp³-hybridized carbons (Fsp3) is 0.625. The first-order valence-corrected chi connectivity index (χ1v) is 21.0. The summed E-state index contributed by atoms with van der Waals surface area (Å²) in [6.07, 6.45) is 30.4. The van der Waals surface area contributed by atoms with Crippen LogP contribution < -0.4 is 0 Å². The largest absolute Gasteiger partial charge is 0.508 e. The van der Waals surface area contributed by atoms with Crippen molar-refractivity contribution in [1.29, 1.82) is 0 Å². The molecule has 4 saturated carbocycles. The first-order chi connectivity index (χ1) is 24.7. The van der Waals surface area contributed by atoms with E-state index in [0.29, 0.717) is 17.2 Å². The fourth-order valence-electron chi connectivity index (χ4n) is 9.08. The van der Waals surface area contributed by atoms with Crippen LogP contribution in [0.5, 0.6) is 17.2 Å². The second kappa shape index (κ2) is 23.6. The molecule has 51 heavy (non-hydrogen) atoms. The van der Waals surface area contributed by atoms with Crippen molar-refractivity contribution in [3.63, 3.8) is 0 Å². The maximum absolute atomic E-state index is 8.63. The molecule has 0 aliphatic heterocycles. The summed E-state index contributed by atoms with van der Waals surface area (Å²) in [5.41, 5.74) is 1.63. The molecule has 0 bridgehead atoms. The number of benzene rings is 3. The summed E-state index contributed by atoms with van der Waals surface area (Å²) in [6, 6.07) is 26.1. The third-order valence-corrected chi connectivity index (χ3v) is 13.2. The van der Waals surface area contributed by atoms with E-state index in [1.54, 1.807) is 124 Å². The molecule has 0 radical (unpaired) electrons. The van der Waals surface area contributed by atoms with Crippen LogP contribution >= 0.6 is 0 Å². The Labute approximate surface area is 313 Å². The second-order valence-corrected chi connectivity index (χ2v) is 16.4. The molecule has 3 heteroatoms. The van der Waals surface area contributed by atoms with Gasteiger partial charge in [-0.25, -0.2) is 0 Å². The molecule has 0 atom stereocenters. The summed E-state index contributed by atoms with van der Waals surface area (Å²) in [4.78, 5) is 0. The lowest BCUT2D eigenvalue weighted by molar-refractivity contribution is 0.0738. The predicted molar refractivity (Wildman–Crippen MR) is 218 cm³/mol. The van der Waals surface area contributed by atoms with Gasteiger partial charge in [-0.1, -0.05) is 108 Å². The van der Waals surface area contributed by atoms with E-state index in [0.717, 1.165) is 34.5 Å². The monoisotopic (exact) mass is 699 g/mol. The van der Waals surface area contributed by atoms with Gasteiger partial charge in [0.25, 0.3) is 0 Å². The molecule has 3 aromatic carbocycles. The summed E-state index contributed by atoms with van der Waals surface area (Å²) in [5.74, 6) is 5.24. The molecule has 4 aliphatic rings. The lowest BCUT2D eigenvalue weighted by atomic mass is 9.61. The molecular formula is C48H74O3. The lowest BCUT2D eigenvalue weighted by Gasteiger charge is -2.45. The maximum atomic E-state index is 8.63. The number of aromatic hydroxyl groups is 3. The third-order valence-electron chi connectivity index (χ3n) is 13.2. The van der Waals surface area contributed by atoms with Gasteiger partial charge in [0, 0.05) is 0 Å². The predicted octanol–water partition coefficient (Wildman–Crippen LogP) is 14.5. The first kappa shape index (κ1) is 42.5. The molecule has 4 fully saturated rings. The van der Waals surface area contributed by atoms with Gasteiger partial charge in [0.15, 0.2) is 0 Å². The van der Waals surface area contributed by atoms with Gasteiger partial charge in [-0.05, 0) is 174 Å². The van der Waals surface area contributed by atoms with E-state index in [2.05, 4.69) is 27.7 Å². The molecule has 3 nitrogen and oxygen atoms in total. The molecule has 0 aromatic heterocycles. The lowest BCUT2D eigenvalue weighted by Crippen LogP contribution is -2.31. The molecule has 284 valence electrons. The van der Waals surface area contributed by atoms with E-state index in [4.69, 9.17) is 15.3 Å². The van der Waals surface area contributed by atoms with Crippen molar-refractivity contribution in [1.82, 2.24) is 0 Å². The zero-order valence-electron chi connectivity index (χ0n) is 33.0. The van der Waals surface area contributed by atoms with Crippen LogP contribution in [-0.4, -0.2) is 15.3 Å². The summed E-state index contributed by atoms with van der Waals surface area (Å²) in [5, 5.41) is 25.9. The summed E-state index contributed by atoms with van der Waals surface area (Å²) in [6.45, 7) is 9.49. The zero-order chi connectivity index (χ0) is 36.8. The van der Waals surface area contributed by atoms with Crippen molar-refractivity contribution in [3.05, 3.63) is 91.0 Å². The Morgan fingerprint density at radius 2 is 0.529 bits per heavy atom. The first-order valence-electron chi connectivity index (χ1n) is 21.0. The Morgan fingerprint density at radius 1 is 0.353 bits per heavy atom. The second-order valence-electron chi connectivity index (χ2n) is 16.4. The van der Waals surface area contributed by atoms with Crippen molar-refractivity contribution in [2.75, 3.05) is 0 Å². The number of hydrogen-bond acceptors (Lipinski definition) is 3. The van der Waals surface area contributed by atoms with Gasteiger partial charge < -0.3 is 15.3 Å². The Morgan fingerprint density at radius 3 is 0.647 bits per heavy atom. The van der Waals surface area contributed by atoms with Gasteiger partial charge in [0.2, 0.25) is 0 Å². The number of phenols is 3.